The van der Waals surface area contributed by atoms with E-state index in [1.807, 2.05) is 24.3 Å². The Hall–Kier alpha value is -2.46. The van der Waals surface area contributed by atoms with E-state index in [1.54, 1.807) is 12.1 Å². The van der Waals surface area contributed by atoms with E-state index in [0.29, 0.717) is 5.39 Å². The van der Waals surface area contributed by atoms with Gasteiger partial charge in [0.2, 0.25) is 5.56 Å². The lowest BCUT2D eigenvalue weighted by Crippen LogP contribution is -2.04. The van der Waals surface area contributed by atoms with E-state index >= 15 is 0 Å². The molecule has 0 unspecified atom stereocenters. The van der Waals surface area contributed by atoms with Crippen LogP contribution in [0.1, 0.15) is 5.56 Å². The monoisotopic (exact) mass is 269 g/mol. The zero-order valence-corrected chi connectivity index (χ0v) is 10.6. The molecule has 1 aromatic heterocycles. The molecule has 20 heavy (non-hydrogen) atoms. The van der Waals surface area contributed by atoms with Crippen LogP contribution in [0.5, 0.6) is 0 Å². The zero-order valence-electron chi connectivity index (χ0n) is 10.6. The number of H-pyrrole nitrogens is 1. The number of pyridine rings is 1. The van der Waals surface area contributed by atoms with Crippen molar-refractivity contribution in [1.82, 2.24) is 4.98 Å². The Labute approximate surface area is 114 Å². The fourth-order valence-electron chi connectivity index (χ4n) is 2.37. The first-order valence-electron chi connectivity index (χ1n) is 6.21. The molecule has 0 saturated carbocycles. The third-order valence-corrected chi connectivity index (χ3v) is 3.32. The fraction of sp³-hybridized carbons (Fsp3) is 0.0625. The minimum absolute atomic E-state index is 0.0988. The lowest BCUT2D eigenvalue weighted by atomic mass is 9.96. The van der Waals surface area contributed by atoms with Gasteiger partial charge in [-0.2, -0.15) is 0 Å². The molecule has 0 fully saturated rings. The predicted molar refractivity (Wildman–Crippen MR) is 75.9 cm³/mol. The minimum atomic E-state index is -0.470. The quantitative estimate of drug-likeness (QED) is 0.751. The summed E-state index contributed by atoms with van der Waals surface area (Å²) in [5.41, 5.74) is 2.20. The van der Waals surface area contributed by atoms with Crippen molar-refractivity contribution >= 4 is 10.9 Å². The molecule has 0 atom stereocenters. The van der Waals surface area contributed by atoms with Crippen LogP contribution in [0.3, 0.4) is 0 Å². The summed E-state index contributed by atoms with van der Waals surface area (Å²) in [6.07, 6.45) is 0. The van der Waals surface area contributed by atoms with Gasteiger partial charge in [0.25, 0.3) is 0 Å². The highest BCUT2D eigenvalue weighted by atomic mass is 19.1. The molecule has 0 spiro atoms. The molecule has 3 nitrogen and oxygen atoms in total. The summed E-state index contributed by atoms with van der Waals surface area (Å²) in [6.45, 7) is -0.0988. The zero-order chi connectivity index (χ0) is 14.1. The number of hydrogen-bond acceptors (Lipinski definition) is 2. The van der Waals surface area contributed by atoms with Crippen molar-refractivity contribution in [2.75, 3.05) is 0 Å². The first kappa shape index (κ1) is 12.6. The summed E-state index contributed by atoms with van der Waals surface area (Å²) < 4.78 is 13.8. The second-order valence-electron chi connectivity index (χ2n) is 4.52. The average molecular weight is 269 g/mol. The molecule has 0 radical (unpaired) electrons. The smallest absolute Gasteiger partial charge is 0.248 e. The van der Waals surface area contributed by atoms with Gasteiger partial charge >= 0.3 is 0 Å². The van der Waals surface area contributed by atoms with Crippen LogP contribution < -0.4 is 5.56 Å². The van der Waals surface area contributed by atoms with Gasteiger partial charge < -0.3 is 10.1 Å². The second kappa shape index (κ2) is 4.90. The van der Waals surface area contributed by atoms with Crippen LogP contribution >= 0.6 is 0 Å². The molecule has 1 heterocycles. The molecule has 0 amide bonds. The third kappa shape index (κ3) is 2.00. The van der Waals surface area contributed by atoms with Crippen molar-refractivity contribution in [2.45, 2.75) is 6.61 Å². The molecule has 100 valence electrons. The third-order valence-electron chi connectivity index (χ3n) is 3.32. The summed E-state index contributed by atoms with van der Waals surface area (Å²) in [6, 6.07) is 13.3. The number of fused-ring (bicyclic) bond motifs is 1. The Bertz CT molecular complexity index is 839. The maximum Gasteiger partial charge on any atom is 0.248 e. The van der Waals surface area contributed by atoms with Crippen LogP contribution in [0.2, 0.25) is 0 Å². The van der Waals surface area contributed by atoms with Crippen molar-refractivity contribution < 1.29 is 9.50 Å². The lowest BCUT2D eigenvalue weighted by molar-refractivity contribution is 0.282. The number of benzene rings is 2. The molecule has 0 aliphatic carbocycles. The fourth-order valence-corrected chi connectivity index (χ4v) is 2.37. The number of rotatable bonds is 2. The van der Waals surface area contributed by atoms with Crippen LogP contribution in [0.4, 0.5) is 4.39 Å². The van der Waals surface area contributed by atoms with Crippen LogP contribution in [0.25, 0.3) is 22.0 Å². The van der Waals surface area contributed by atoms with Gasteiger partial charge in [0.05, 0.1) is 12.1 Å². The first-order chi connectivity index (χ1) is 9.70. The van der Waals surface area contributed by atoms with E-state index in [4.69, 9.17) is 0 Å². The molecule has 0 bridgehead atoms. The summed E-state index contributed by atoms with van der Waals surface area (Å²) in [7, 11) is 0. The minimum Gasteiger partial charge on any atom is -0.392 e. The van der Waals surface area contributed by atoms with Gasteiger partial charge in [-0.05, 0) is 28.8 Å². The molecular weight excluding hydrogens is 257 g/mol. The Kier molecular flexibility index (Phi) is 3.08. The number of nitrogens with one attached hydrogen (secondary N) is 1. The summed E-state index contributed by atoms with van der Waals surface area (Å²) in [4.78, 5) is 13.9. The Morgan fingerprint density at radius 1 is 1.00 bits per heavy atom. The van der Waals surface area contributed by atoms with Gasteiger partial charge in [-0.1, -0.05) is 30.3 Å². The van der Waals surface area contributed by atoms with Crippen molar-refractivity contribution in [2.24, 2.45) is 0 Å². The largest absolute Gasteiger partial charge is 0.392 e. The van der Waals surface area contributed by atoms with Crippen LogP contribution in [-0.4, -0.2) is 10.1 Å². The number of aliphatic hydroxyl groups is 1. The average Bonchev–Trinajstić information content (AvgIpc) is 2.48. The molecule has 4 heteroatoms. The van der Waals surface area contributed by atoms with Gasteiger partial charge in [0.15, 0.2) is 0 Å². The van der Waals surface area contributed by atoms with Gasteiger partial charge in [-0.25, -0.2) is 4.39 Å². The Morgan fingerprint density at radius 3 is 2.60 bits per heavy atom. The van der Waals surface area contributed by atoms with E-state index in [2.05, 4.69) is 4.98 Å². The number of aliphatic hydroxyl groups excluding tert-OH is 1. The number of aromatic amines is 1. The number of halogens is 1. The van der Waals surface area contributed by atoms with Gasteiger partial charge in [-0.15, -0.1) is 0 Å². The molecule has 3 rings (SSSR count). The van der Waals surface area contributed by atoms with E-state index in [-0.39, 0.29) is 17.7 Å². The Morgan fingerprint density at radius 2 is 1.80 bits per heavy atom. The van der Waals surface area contributed by atoms with Crippen molar-refractivity contribution in [3.05, 3.63) is 70.3 Å². The summed E-state index contributed by atoms with van der Waals surface area (Å²) >= 11 is 0. The molecule has 0 saturated heterocycles. The van der Waals surface area contributed by atoms with E-state index in [0.717, 1.165) is 16.7 Å². The number of aromatic nitrogens is 1. The molecule has 0 aliphatic rings. The predicted octanol–water partition coefficient (Wildman–Crippen LogP) is 2.83. The maximum atomic E-state index is 13.8. The summed E-state index contributed by atoms with van der Waals surface area (Å²) in [5, 5.41) is 10.0. The van der Waals surface area contributed by atoms with Crippen molar-refractivity contribution in [1.29, 1.82) is 0 Å². The van der Waals surface area contributed by atoms with Crippen LogP contribution in [0, 0.1) is 5.82 Å². The van der Waals surface area contributed by atoms with E-state index in [9.17, 15) is 14.3 Å². The Balaban J connectivity index is 2.38. The molecular formula is C16H12FNO2. The van der Waals surface area contributed by atoms with Crippen molar-refractivity contribution in [3.63, 3.8) is 0 Å². The highest BCUT2D eigenvalue weighted by molar-refractivity contribution is 5.95. The maximum absolute atomic E-state index is 13.8. The van der Waals surface area contributed by atoms with Crippen molar-refractivity contribution in [3.8, 4) is 11.1 Å². The molecule has 2 N–H and O–H groups in total. The standard InChI is InChI=1S/C16H12FNO2/c17-14-7-5-12(11-4-2-1-3-10(11)9-19)13-6-8-15(20)18-16(13)14/h1-8,19H,9H2,(H,18,20). The van der Waals surface area contributed by atoms with Crippen LogP contribution in [0.15, 0.2) is 53.3 Å². The SMILES string of the molecule is O=c1ccc2c(-c3ccccc3CO)ccc(F)c2[nH]1. The molecule has 3 aromatic rings. The number of hydrogen-bond donors (Lipinski definition) is 2. The van der Waals surface area contributed by atoms with Gasteiger partial charge in [0, 0.05) is 11.5 Å². The van der Waals surface area contributed by atoms with E-state index < -0.39 is 5.82 Å². The molecule has 0 aliphatic heterocycles. The lowest BCUT2D eigenvalue weighted by Gasteiger charge is -2.11. The first-order valence-corrected chi connectivity index (χ1v) is 6.21. The highest BCUT2D eigenvalue weighted by Crippen LogP contribution is 2.31. The second-order valence-corrected chi connectivity index (χ2v) is 4.52. The topological polar surface area (TPSA) is 53.1 Å². The normalized spacial score (nSPS) is 10.9. The van der Waals surface area contributed by atoms with E-state index in [1.165, 1.54) is 12.1 Å². The molecule has 2 aromatic carbocycles. The summed E-state index contributed by atoms with van der Waals surface area (Å²) in [5.74, 6) is -0.470. The van der Waals surface area contributed by atoms with Crippen LogP contribution in [-0.2, 0) is 6.61 Å². The van der Waals surface area contributed by atoms with Gasteiger partial charge in [0.1, 0.15) is 5.82 Å². The highest BCUT2D eigenvalue weighted by Gasteiger charge is 2.11. The van der Waals surface area contributed by atoms with Gasteiger partial charge in [-0.3, -0.25) is 4.79 Å².